The van der Waals surface area contributed by atoms with Crippen LogP contribution < -0.4 is 0 Å². The van der Waals surface area contributed by atoms with E-state index in [1.807, 2.05) is 12.2 Å². The zero-order valence-electron chi connectivity index (χ0n) is 14.1. The second-order valence-electron chi connectivity index (χ2n) is 7.11. The maximum atomic E-state index is 4.24. The van der Waals surface area contributed by atoms with Crippen molar-refractivity contribution < 1.29 is 0 Å². The van der Waals surface area contributed by atoms with Gasteiger partial charge in [-0.1, -0.05) is 57.7 Å². The van der Waals surface area contributed by atoms with Gasteiger partial charge < -0.3 is 4.90 Å². The van der Waals surface area contributed by atoms with Gasteiger partial charge in [-0.2, -0.15) is 0 Å². The van der Waals surface area contributed by atoms with E-state index in [4.69, 9.17) is 0 Å². The molecule has 0 unspecified atom stereocenters. The van der Waals surface area contributed by atoms with Crippen LogP contribution in [0.15, 0.2) is 48.2 Å². The molecule has 0 fully saturated rings. The fourth-order valence-corrected chi connectivity index (χ4v) is 1.40. The second kappa shape index (κ2) is 6.27. The van der Waals surface area contributed by atoms with E-state index in [1.165, 1.54) is 5.57 Å². The van der Waals surface area contributed by atoms with Crippen molar-refractivity contribution in [1.29, 1.82) is 0 Å². The normalized spacial score (nSPS) is 14.3. The van der Waals surface area contributed by atoms with Gasteiger partial charge in [0.1, 0.15) is 0 Å². The molecule has 0 amide bonds. The molecule has 0 saturated carbocycles. The lowest BCUT2D eigenvalue weighted by Crippen LogP contribution is -2.37. The standard InChI is InChI=1S/C18H31N/c1-11-12-16(13-14(2)17(4,5)6)15(3)19(10)18(7,8)9/h11-13H,1,3H2,2,4-10H3/b14-13+,16-12+. The monoisotopic (exact) mass is 261 g/mol. The Bertz CT molecular complexity index is 394. The largest absolute Gasteiger partial charge is 0.370 e. The van der Waals surface area contributed by atoms with Gasteiger partial charge in [-0.25, -0.2) is 0 Å². The molecule has 0 saturated heterocycles. The fourth-order valence-electron chi connectivity index (χ4n) is 1.40. The van der Waals surface area contributed by atoms with E-state index in [-0.39, 0.29) is 11.0 Å². The van der Waals surface area contributed by atoms with Gasteiger partial charge in [0.2, 0.25) is 0 Å². The quantitative estimate of drug-likeness (QED) is 0.618. The van der Waals surface area contributed by atoms with E-state index >= 15 is 0 Å². The van der Waals surface area contributed by atoms with Gasteiger partial charge in [0.25, 0.3) is 0 Å². The summed E-state index contributed by atoms with van der Waals surface area (Å²) in [6.45, 7) is 23.4. The minimum atomic E-state index is 0.0564. The summed E-state index contributed by atoms with van der Waals surface area (Å²) in [4.78, 5) is 2.20. The molecule has 1 heteroatoms. The zero-order chi connectivity index (χ0) is 15.4. The molecule has 0 atom stereocenters. The molecule has 0 aromatic heterocycles. The Balaban J connectivity index is 5.45. The minimum Gasteiger partial charge on any atom is -0.370 e. The van der Waals surface area contributed by atoms with E-state index in [9.17, 15) is 0 Å². The van der Waals surface area contributed by atoms with Crippen LogP contribution in [0, 0.1) is 5.41 Å². The van der Waals surface area contributed by atoms with Crippen LogP contribution in [0.5, 0.6) is 0 Å². The molecule has 0 aromatic rings. The zero-order valence-corrected chi connectivity index (χ0v) is 14.1. The third kappa shape index (κ3) is 5.50. The van der Waals surface area contributed by atoms with Crippen molar-refractivity contribution in [3.8, 4) is 0 Å². The first kappa shape index (κ1) is 17.8. The average molecular weight is 261 g/mol. The van der Waals surface area contributed by atoms with Gasteiger partial charge >= 0.3 is 0 Å². The summed E-state index contributed by atoms with van der Waals surface area (Å²) in [7, 11) is 2.08. The van der Waals surface area contributed by atoms with Crippen LogP contribution in [0.1, 0.15) is 48.5 Å². The third-order valence-corrected chi connectivity index (χ3v) is 3.60. The van der Waals surface area contributed by atoms with Crippen molar-refractivity contribution in [3.05, 3.63) is 48.2 Å². The molecule has 0 aliphatic carbocycles. The third-order valence-electron chi connectivity index (χ3n) is 3.60. The molecule has 19 heavy (non-hydrogen) atoms. The maximum Gasteiger partial charge on any atom is 0.0368 e. The smallest absolute Gasteiger partial charge is 0.0368 e. The van der Waals surface area contributed by atoms with Crippen molar-refractivity contribution in [2.45, 2.75) is 54.0 Å². The maximum absolute atomic E-state index is 4.24. The highest BCUT2D eigenvalue weighted by molar-refractivity contribution is 5.42. The molecule has 0 aliphatic rings. The van der Waals surface area contributed by atoms with Crippen molar-refractivity contribution in [3.63, 3.8) is 0 Å². The summed E-state index contributed by atoms with van der Waals surface area (Å²) in [5.74, 6) is 0. The van der Waals surface area contributed by atoms with E-state index < -0.39 is 0 Å². The van der Waals surface area contributed by atoms with Gasteiger partial charge in [-0.05, 0) is 38.7 Å². The first-order valence-electron chi connectivity index (χ1n) is 6.86. The van der Waals surface area contributed by atoms with E-state index in [0.717, 1.165) is 11.3 Å². The Kier molecular flexibility index (Phi) is 5.86. The van der Waals surface area contributed by atoms with Gasteiger partial charge in [-0.3, -0.25) is 0 Å². The Hall–Kier alpha value is -1.24. The lowest BCUT2D eigenvalue weighted by atomic mass is 9.86. The first-order valence-corrected chi connectivity index (χ1v) is 6.86. The summed E-state index contributed by atoms with van der Waals surface area (Å²) in [5, 5.41) is 0. The lowest BCUT2D eigenvalue weighted by Gasteiger charge is -2.36. The molecule has 0 radical (unpaired) electrons. The lowest BCUT2D eigenvalue weighted by molar-refractivity contribution is 0.233. The van der Waals surface area contributed by atoms with Crippen LogP contribution in [-0.2, 0) is 0 Å². The van der Waals surface area contributed by atoms with Crippen molar-refractivity contribution >= 4 is 0 Å². The molecule has 0 aliphatic heterocycles. The Morgan fingerprint density at radius 1 is 1.05 bits per heavy atom. The van der Waals surface area contributed by atoms with Gasteiger partial charge in [0.15, 0.2) is 0 Å². The van der Waals surface area contributed by atoms with E-state index in [0.29, 0.717) is 0 Å². The van der Waals surface area contributed by atoms with Crippen LogP contribution in [-0.4, -0.2) is 17.5 Å². The van der Waals surface area contributed by atoms with Crippen molar-refractivity contribution in [2.24, 2.45) is 5.41 Å². The summed E-state index contributed by atoms with van der Waals surface area (Å²) >= 11 is 0. The van der Waals surface area contributed by atoms with Crippen LogP contribution >= 0.6 is 0 Å². The van der Waals surface area contributed by atoms with Crippen molar-refractivity contribution in [1.82, 2.24) is 4.90 Å². The van der Waals surface area contributed by atoms with Crippen molar-refractivity contribution in [2.75, 3.05) is 7.05 Å². The fraction of sp³-hybridized carbons (Fsp3) is 0.556. The minimum absolute atomic E-state index is 0.0564. The molecular weight excluding hydrogens is 230 g/mol. The van der Waals surface area contributed by atoms with Gasteiger partial charge in [-0.15, -0.1) is 0 Å². The topological polar surface area (TPSA) is 3.24 Å². The van der Waals surface area contributed by atoms with Gasteiger partial charge in [0.05, 0.1) is 0 Å². The predicted octanol–water partition coefficient (Wildman–Crippen LogP) is 5.34. The Labute approximate surface area is 120 Å². The summed E-state index contributed by atoms with van der Waals surface area (Å²) in [5.41, 5.74) is 3.71. The average Bonchev–Trinajstić information content (AvgIpc) is 2.23. The molecule has 0 aromatic carbocycles. The highest BCUT2D eigenvalue weighted by atomic mass is 15.2. The molecular formula is C18H31N. The molecule has 0 spiro atoms. The predicted molar refractivity (Wildman–Crippen MR) is 88.1 cm³/mol. The number of likely N-dealkylation sites (N-methyl/N-ethyl adjacent to an activating group) is 1. The molecule has 0 rings (SSSR count). The molecule has 0 heterocycles. The van der Waals surface area contributed by atoms with Crippen LogP contribution in [0.4, 0.5) is 0 Å². The molecule has 1 nitrogen and oxygen atoms in total. The number of hydrogen-bond acceptors (Lipinski definition) is 1. The SMILES string of the molecule is C=C/C=C(\C=C(/C)C(C)(C)C)C(=C)N(C)C(C)(C)C. The number of rotatable bonds is 4. The second-order valence-corrected chi connectivity index (χ2v) is 7.11. The number of allylic oxidation sites excluding steroid dienone is 4. The number of hydrogen-bond donors (Lipinski definition) is 0. The molecule has 108 valence electrons. The highest BCUT2D eigenvalue weighted by Crippen LogP contribution is 2.29. The summed E-state index contributed by atoms with van der Waals surface area (Å²) in [6, 6.07) is 0. The van der Waals surface area contributed by atoms with Crippen LogP contribution in [0.25, 0.3) is 0 Å². The van der Waals surface area contributed by atoms with Gasteiger partial charge in [0, 0.05) is 18.3 Å². The van der Waals surface area contributed by atoms with Crippen LogP contribution in [0.3, 0.4) is 0 Å². The Morgan fingerprint density at radius 3 is 1.84 bits per heavy atom. The summed E-state index contributed by atoms with van der Waals surface area (Å²) in [6.07, 6.45) is 6.06. The Morgan fingerprint density at radius 2 is 1.53 bits per heavy atom. The molecule has 0 bridgehead atoms. The van der Waals surface area contributed by atoms with E-state index in [2.05, 4.69) is 79.6 Å². The van der Waals surface area contributed by atoms with Crippen LogP contribution in [0.2, 0.25) is 0 Å². The summed E-state index contributed by atoms with van der Waals surface area (Å²) < 4.78 is 0. The first-order chi connectivity index (χ1) is 8.41. The number of nitrogens with zero attached hydrogens (tertiary/aromatic N) is 1. The van der Waals surface area contributed by atoms with E-state index in [1.54, 1.807) is 0 Å². The highest BCUT2D eigenvalue weighted by Gasteiger charge is 2.20. The molecule has 0 N–H and O–H groups in total.